The second kappa shape index (κ2) is 5.69. The van der Waals surface area contributed by atoms with Gasteiger partial charge in [0.15, 0.2) is 0 Å². The Bertz CT molecular complexity index is 588. The Morgan fingerprint density at radius 1 is 1.05 bits per heavy atom. The third-order valence-electron chi connectivity index (χ3n) is 3.14. The molecule has 0 aromatic heterocycles. The van der Waals surface area contributed by atoms with Crippen molar-refractivity contribution in [1.29, 1.82) is 5.26 Å². The summed E-state index contributed by atoms with van der Waals surface area (Å²) in [6, 6.07) is 15.5. The Morgan fingerprint density at radius 3 is 2.16 bits per heavy atom. The lowest BCUT2D eigenvalue weighted by Gasteiger charge is -2.12. The van der Waals surface area contributed by atoms with Crippen molar-refractivity contribution in [2.75, 3.05) is 0 Å². The molecule has 1 atom stereocenters. The molecule has 0 heterocycles. The first-order valence-corrected chi connectivity index (χ1v) is 6.34. The second-order valence-electron chi connectivity index (χ2n) is 4.95. The lowest BCUT2D eigenvalue weighted by Crippen LogP contribution is -2.02. The summed E-state index contributed by atoms with van der Waals surface area (Å²) in [7, 11) is 0. The van der Waals surface area contributed by atoms with Gasteiger partial charge in [0.2, 0.25) is 0 Å². The highest BCUT2D eigenvalue weighted by molar-refractivity contribution is 5.34. The van der Waals surface area contributed by atoms with Gasteiger partial charge in [-0.15, -0.1) is 0 Å². The van der Waals surface area contributed by atoms with Gasteiger partial charge in [0, 0.05) is 6.42 Å². The van der Waals surface area contributed by atoms with Crippen molar-refractivity contribution in [2.24, 2.45) is 0 Å². The number of nitrogens with zero attached hydrogens (tertiary/aromatic N) is 1. The van der Waals surface area contributed by atoms with Gasteiger partial charge in [-0.2, -0.15) is 5.26 Å². The van der Waals surface area contributed by atoms with Crippen LogP contribution < -0.4 is 0 Å². The van der Waals surface area contributed by atoms with E-state index < -0.39 is 6.10 Å². The van der Waals surface area contributed by atoms with E-state index in [0.29, 0.717) is 12.0 Å². The van der Waals surface area contributed by atoms with Crippen LogP contribution in [0.25, 0.3) is 0 Å². The van der Waals surface area contributed by atoms with E-state index in [-0.39, 0.29) is 0 Å². The molecule has 19 heavy (non-hydrogen) atoms. The normalized spacial score (nSPS) is 11.9. The molecule has 0 aliphatic heterocycles. The Morgan fingerprint density at radius 2 is 1.63 bits per heavy atom. The standard InChI is InChI=1S/C17H17NO/c1-12-7-13(2)9-15(8-12)10-17(19)16-5-3-14(11-18)4-6-16/h3-9,17,19H,10H2,1-2H3. The summed E-state index contributed by atoms with van der Waals surface area (Å²) in [5.41, 5.74) is 5.01. The van der Waals surface area contributed by atoms with E-state index in [1.54, 1.807) is 12.1 Å². The summed E-state index contributed by atoms with van der Waals surface area (Å²) in [4.78, 5) is 0. The lowest BCUT2D eigenvalue weighted by atomic mass is 9.98. The molecular weight excluding hydrogens is 234 g/mol. The Balaban J connectivity index is 2.15. The van der Waals surface area contributed by atoms with Crippen molar-refractivity contribution in [3.05, 3.63) is 70.3 Å². The van der Waals surface area contributed by atoms with E-state index in [0.717, 1.165) is 11.1 Å². The van der Waals surface area contributed by atoms with Crippen molar-refractivity contribution in [1.82, 2.24) is 0 Å². The van der Waals surface area contributed by atoms with Gasteiger partial charge in [-0.25, -0.2) is 0 Å². The van der Waals surface area contributed by atoms with E-state index in [1.165, 1.54) is 11.1 Å². The van der Waals surface area contributed by atoms with E-state index in [1.807, 2.05) is 12.1 Å². The molecule has 0 amide bonds. The van der Waals surface area contributed by atoms with Gasteiger partial charge in [0.1, 0.15) is 0 Å². The molecule has 2 heteroatoms. The fourth-order valence-electron chi connectivity index (χ4n) is 2.31. The van der Waals surface area contributed by atoms with Gasteiger partial charge in [-0.3, -0.25) is 0 Å². The number of benzene rings is 2. The van der Waals surface area contributed by atoms with Crippen LogP contribution in [0, 0.1) is 25.2 Å². The third-order valence-corrected chi connectivity index (χ3v) is 3.14. The summed E-state index contributed by atoms with van der Waals surface area (Å²) in [5.74, 6) is 0. The zero-order chi connectivity index (χ0) is 13.8. The average molecular weight is 251 g/mol. The van der Waals surface area contributed by atoms with Crippen LogP contribution in [-0.4, -0.2) is 5.11 Å². The molecule has 1 unspecified atom stereocenters. The van der Waals surface area contributed by atoms with Crippen LogP contribution in [0.5, 0.6) is 0 Å². The first-order valence-electron chi connectivity index (χ1n) is 6.34. The predicted molar refractivity (Wildman–Crippen MR) is 75.7 cm³/mol. The number of aryl methyl sites for hydroxylation is 2. The summed E-state index contributed by atoms with van der Waals surface area (Å²) in [6.45, 7) is 4.12. The Labute approximate surface area is 114 Å². The van der Waals surface area contributed by atoms with Crippen molar-refractivity contribution in [2.45, 2.75) is 26.4 Å². The minimum Gasteiger partial charge on any atom is -0.388 e. The average Bonchev–Trinajstić information content (AvgIpc) is 2.37. The van der Waals surface area contributed by atoms with Gasteiger partial charge >= 0.3 is 0 Å². The zero-order valence-corrected chi connectivity index (χ0v) is 11.2. The fraction of sp³-hybridized carbons (Fsp3) is 0.235. The van der Waals surface area contributed by atoms with Gasteiger partial charge < -0.3 is 5.11 Å². The summed E-state index contributed by atoms with van der Waals surface area (Å²) < 4.78 is 0. The van der Waals surface area contributed by atoms with Crippen LogP contribution >= 0.6 is 0 Å². The third kappa shape index (κ3) is 3.43. The van der Waals surface area contributed by atoms with E-state index in [2.05, 4.69) is 38.1 Å². The minimum atomic E-state index is -0.533. The Hall–Kier alpha value is -2.11. The SMILES string of the molecule is Cc1cc(C)cc(CC(O)c2ccc(C#N)cc2)c1. The molecule has 96 valence electrons. The molecule has 2 nitrogen and oxygen atoms in total. The number of rotatable bonds is 3. The zero-order valence-electron chi connectivity index (χ0n) is 11.2. The maximum atomic E-state index is 10.2. The van der Waals surface area contributed by atoms with E-state index in [9.17, 15) is 5.11 Å². The van der Waals surface area contributed by atoms with E-state index in [4.69, 9.17) is 5.26 Å². The quantitative estimate of drug-likeness (QED) is 0.908. The predicted octanol–water partition coefficient (Wildman–Crippen LogP) is 3.45. The number of hydrogen-bond acceptors (Lipinski definition) is 2. The molecule has 0 saturated carbocycles. The lowest BCUT2D eigenvalue weighted by molar-refractivity contribution is 0.178. The van der Waals surface area contributed by atoms with Gasteiger partial charge in [0.05, 0.1) is 17.7 Å². The molecular formula is C17H17NO. The highest BCUT2D eigenvalue weighted by Crippen LogP contribution is 2.20. The molecule has 0 saturated heterocycles. The summed E-state index contributed by atoms with van der Waals surface area (Å²) in [6.07, 6.45) is 0.0583. The number of aliphatic hydroxyl groups excluding tert-OH is 1. The van der Waals surface area contributed by atoms with E-state index >= 15 is 0 Å². The van der Waals surface area contributed by atoms with Crippen LogP contribution in [0.15, 0.2) is 42.5 Å². The van der Waals surface area contributed by atoms with Gasteiger partial charge in [-0.05, 0) is 37.1 Å². The molecule has 2 rings (SSSR count). The van der Waals surface area contributed by atoms with Crippen molar-refractivity contribution in [3.63, 3.8) is 0 Å². The van der Waals surface area contributed by atoms with Gasteiger partial charge in [-0.1, -0.05) is 41.5 Å². The maximum Gasteiger partial charge on any atom is 0.0991 e. The largest absolute Gasteiger partial charge is 0.388 e. The molecule has 0 fully saturated rings. The minimum absolute atomic E-state index is 0.533. The molecule has 0 aliphatic rings. The van der Waals surface area contributed by atoms with Gasteiger partial charge in [0.25, 0.3) is 0 Å². The summed E-state index contributed by atoms with van der Waals surface area (Å²) >= 11 is 0. The number of nitriles is 1. The molecule has 0 radical (unpaired) electrons. The molecule has 2 aromatic rings. The van der Waals surface area contributed by atoms with Crippen molar-refractivity contribution >= 4 is 0 Å². The van der Waals surface area contributed by atoms with Crippen LogP contribution in [-0.2, 0) is 6.42 Å². The number of aliphatic hydroxyl groups is 1. The molecule has 0 bridgehead atoms. The first-order chi connectivity index (χ1) is 9.08. The van der Waals surface area contributed by atoms with Crippen LogP contribution in [0.3, 0.4) is 0 Å². The van der Waals surface area contributed by atoms with Crippen LogP contribution in [0.4, 0.5) is 0 Å². The molecule has 2 aromatic carbocycles. The maximum absolute atomic E-state index is 10.2. The number of hydrogen-bond donors (Lipinski definition) is 1. The molecule has 1 N–H and O–H groups in total. The highest BCUT2D eigenvalue weighted by Gasteiger charge is 2.09. The molecule has 0 spiro atoms. The van der Waals surface area contributed by atoms with Crippen LogP contribution in [0.1, 0.15) is 33.9 Å². The van der Waals surface area contributed by atoms with Crippen molar-refractivity contribution in [3.8, 4) is 6.07 Å². The second-order valence-corrected chi connectivity index (χ2v) is 4.95. The van der Waals surface area contributed by atoms with Crippen molar-refractivity contribution < 1.29 is 5.11 Å². The first kappa shape index (κ1) is 13.3. The smallest absolute Gasteiger partial charge is 0.0991 e. The fourth-order valence-corrected chi connectivity index (χ4v) is 2.31. The monoisotopic (exact) mass is 251 g/mol. The summed E-state index contributed by atoms with van der Waals surface area (Å²) in [5, 5.41) is 19.0. The van der Waals surface area contributed by atoms with Crippen LogP contribution in [0.2, 0.25) is 0 Å². The Kier molecular flexibility index (Phi) is 3.99. The topological polar surface area (TPSA) is 44.0 Å². The highest BCUT2D eigenvalue weighted by atomic mass is 16.3. The molecule has 0 aliphatic carbocycles.